The number of thiazole rings is 1. The van der Waals surface area contributed by atoms with Crippen LogP contribution in [0.4, 0.5) is 5.82 Å². The van der Waals surface area contributed by atoms with Crippen molar-refractivity contribution in [3.8, 4) is 10.6 Å². The molecule has 1 aliphatic heterocycles. The van der Waals surface area contributed by atoms with E-state index >= 15 is 0 Å². The molecular formula is C22H28N6O2S2. The normalized spacial score (nSPS) is 26.6. The SMILES string of the molecule is CSc1nc(C)c(-c2nc3c(C)nccc3s2)c(N[C@@H]2C[C@H](CN)[C@H]3OC(C)(C)O[C@H]32)n1. The van der Waals surface area contributed by atoms with Crippen LogP contribution < -0.4 is 11.1 Å². The van der Waals surface area contributed by atoms with Crippen molar-refractivity contribution in [1.82, 2.24) is 19.9 Å². The Labute approximate surface area is 195 Å². The summed E-state index contributed by atoms with van der Waals surface area (Å²) in [5, 5.41) is 5.29. The van der Waals surface area contributed by atoms with Gasteiger partial charge in [0.05, 0.1) is 33.8 Å². The minimum Gasteiger partial charge on any atom is -0.364 e. The maximum atomic E-state index is 6.28. The van der Waals surface area contributed by atoms with Gasteiger partial charge in [-0.15, -0.1) is 11.3 Å². The third-order valence-corrected chi connectivity index (χ3v) is 7.75. The van der Waals surface area contributed by atoms with Gasteiger partial charge < -0.3 is 20.5 Å². The first-order valence-electron chi connectivity index (χ1n) is 10.8. The zero-order valence-electron chi connectivity index (χ0n) is 18.9. The lowest BCUT2D eigenvalue weighted by Crippen LogP contribution is -2.35. The summed E-state index contributed by atoms with van der Waals surface area (Å²) in [6, 6.07) is 2.04. The Morgan fingerprint density at radius 1 is 1.19 bits per heavy atom. The Morgan fingerprint density at radius 3 is 2.69 bits per heavy atom. The summed E-state index contributed by atoms with van der Waals surface area (Å²) >= 11 is 3.16. The van der Waals surface area contributed by atoms with Gasteiger partial charge in [-0.1, -0.05) is 11.8 Å². The van der Waals surface area contributed by atoms with Crippen LogP contribution in [0.1, 0.15) is 31.7 Å². The summed E-state index contributed by atoms with van der Waals surface area (Å²) in [5.41, 5.74) is 9.73. The maximum absolute atomic E-state index is 6.28. The second kappa shape index (κ2) is 8.18. The first kappa shape index (κ1) is 22.0. The van der Waals surface area contributed by atoms with Crippen LogP contribution in [0.5, 0.6) is 0 Å². The number of hydrogen-bond acceptors (Lipinski definition) is 10. The lowest BCUT2D eigenvalue weighted by Gasteiger charge is -2.25. The van der Waals surface area contributed by atoms with Crippen molar-refractivity contribution in [1.29, 1.82) is 0 Å². The Kier molecular flexibility index (Phi) is 5.61. The smallest absolute Gasteiger partial charge is 0.189 e. The highest BCUT2D eigenvalue weighted by atomic mass is 32.2. The van der Waals surface area contributed by atoms with E-state index in [0.29, 0.717) is 6.54 Å². The van der Waals surface area contributed by atoms with E-state index in [1.165, 1.54) is 11.8 Å². The highest BCUT2D eigenvalue weighted by Gasteiger charge is 2.53. The van der Waals surface area contributed by atoms with Crippen molar-refractivity contribution in [3.05, 3.63) is 23.7 Å². The number of fused-ring (bicyclic) bond motifs is 2. The van der Waals surface area contributed by atoms with Crippen molar-refractivity contribution < 1.29 is 9.47 Å². The molecule has 0 spiro atoms. The molecule has 0 radical (unpaired) electrons. The fraction of sp³-hybridized carbons (Fsp3) is 0.545. The van der Waals surface area contributed by atoms with Crippen LogP contribution in [-0.4, -0.2) is 56.8 Å². The molecular weight excluding hydrogens is 444 g/mol. The number of aromatic nitrogens is 4. The predicted molar refractivity (Wildman–Crippen MR) is 128 cm³/mol. The monoisotopic (exact) mass is 472 g/mol. The lowest BCUT2D eigenvalue weighted by molar-refractivity contribution is -0.156. The van der Waals surface area contributed by atoms with Gasteiger partial charge in [-0.05, 0) is 53.0 Å². The van der Waals surface area contributed by atoms with Gasteiger partial charge in [0.25, 0.3) is 0 Å². The first-order valence-corrected chi connectivity index (χ1v) is 12.8. The molecule has 1 aliphatic carbocycles. The summed E-state index contributed by atoms with van der Waals surface area (Å²) in [6.45, 7) is 8.47. The van der Waals surface area contributed by atoms with Crippen LogP contribution in [0.25, 0.3) is 20.8 Å². The number of nitrogens with one attached hydrogen (secondary N) is 1. The molecule has 0 aromatic carbocycles. The number of nitrogens with zero attached hydrogens (tertiary/aromatic N) is 4. The minimum absolute atomic E-state index is 0.0184. The van der Waals surface area contributed by atoms with Gasteiger partial charge in [0, 0.05) is 12.1 Å². The Balaban J connectivity index is 1.56. The topological polar surface area (TPSA) is 108 Å². The van der Waals surface area contributed by atoms with Gasteiger partial charge in [-0.3, -0.25) is 4.98 Å². The number of hydrogen-bond donors (Lipinski definition) is 2. The van der Waals surface area contributed by atoms with Crippen molar-refractivity contribution in [2.75, 3.05) is 18.1 Å². The fourth-order valence-corrected chi connectivity index (χ4v) is 6.24. The molecule has 2 fully saturated rings. The molecule has 4 atom stereocenters. The molecule has 3 N–H and O–H groups in total. The van der Waals surface area contributed by atoms with Gasteiger partial charge in [-0.2, -0.15) is 0 Å². The van der Waals surface area contributed by atoms with E-state index in [-0.39, 0.29) is 24.2 Å². The van der Waals surface area contributed by atoms with Gasteiger partial charge in [0.2, 0.25) is 0 Å². The van der Waals surface area contributed by atoms with Crippen LogP contribution in [0, 0.1) is 19.8 Å². The molecule has 32 heavy (non-hydrogen) atoms. The molecule has 5 rings (SSSR count). The summed E-state index contributed by atoms with van der Waals surface area (Å²) in [7, 11) is 0. The zero-order valence-corrected chi connectivity index (χ0v) is 20.5. The quantitative estimate of drug-likeness (QED) is 0.424. The predicted octanol–water partition coefficient (Wildman–Crippen LogP) is 3.77. The largest absolute Gasteiger partial charge is 0.364 e. The van der Waals surface area contributed by atoms with Crippen molar-refractivity contribution in [3.63, 3.8) is 0 Å². The molecule has 3 aromatic heterocycles. The number of ether oxygens (including phenoxy) is 2. The molecule has 8 nitrogen and oxygen atoms in total. The Hall–Kier alpha value is -1.85. The molecule has 0 unspecified atom stereocenters. The lowest BCUT2D eigenvalue weighted by atomic mass is 10.1. The number of nitrogens with two attached hydrogens (primary N) is 1. The summed E-state index contributed by atoms with van der Waals surface area (Å²) in [6.07, 6.45) is 4.57. The van der Waals surface area contributed by atoms with Gasteiger partial charge in [0.1, 0.15) is 22.4 Å². The molecule has 10 heteroatoms. The maximum Gasteiger partial charge on any atom is 0.189 e. The van der Waals surface area contributed by atoms with Gasteiger partial charge in [-0.25, -0.2) is 15.0 Å². The average molecular weight is 473 g/mol. The summed E-state index contributed by atoms with van der Waals surface area (Å²) in [5.74, 6) is 0.401. The zero-order chi connectivity index (χ0) is 22.6. The molecule has 1 saturated heterocycles. The molecule has 0 bridgehead atoms. The minimum atomic E-state index is -0.616. The van der Waals surface area contributed by atoms with Gasteiger partial charge in [0.15, 0.2) is 10.9 Å². The van der Waals surface area contributed by atoms with E-state index in [4.69, 9.17) is 30.2 Å². The molecule has 170 valence electrons. The van der Waals surface area contributed by atoms with E-state index < -0.39 is 5.79 Å². The third kappa shape index (κ3) is 3.77. The number of thioether (sulfide) groups is 1. The summed E-state index contributed by atoms with van der Waals surface area (Å²) < 4.78 is 13.6. The number of anilines is 1. The van der Waals surface area contributed by atoms with E-state index in [2.05, 4.69) is 10.3 Å². The molecule has 4 heterocycles. The molecule has 1 saturated carbocycles. The standard InChI is InChI=1S/C22H28N6O2S2/c1-10-15(20-27-16-11(2)24-7-6-14(16)32-20)19(28-21(25-10)31-5)26-13-8-12(9-23)17-18(13)30-22(3,4)29-17/h6-7,12-13,17-18H,8-9,23H2,1-5H3,(H,25,26,28)/t12-,13-,17-,18+/m1/s1. The second-order valence-electron chi connectivity index (χ2n) is 8.83. The molecule has 0 amide bonds. The van der Waals surface area contributed by atoms with Crippen molar-refractivity contribution in [2.24, 2.45) is 11.7 Å². The molecule has 3 aromatic rings. The van der Waals surface area contributed by atoms with Crippen LogP contribution >= 0.6 is 23.1 Å². The number of aryl methyl sites for hydroxylation is 2. The van der Waals surface area contributed by atoms with Crippen LogP contribution in [-0.2, 0) is 9.47 Å². The molecule has 2 aliphatic rings. The first-order chi connectivity index (χ1) is 15.3. The Morgan fingerprint density at radius 2 is 1.97 bits per heavy atom. The third-order valence-electron chi connectivity index (χ3n) is 6.16. The van der Waals surface area contributed by atoms with Crippen LogP contribution in [0.3, 0.4) is 0 Å². The highest BCUT2D eigenvalue weighted by molar-refractivity contribution is 7.98. The van der Waals surface area contributed by atoms with E-state index in [0.717, 1.165) is 49.6 Å². The Bertz CT molecular complexity index is 1170. The van der Waals surface area contributed by atoms with E-state index in [9.17, 15) is 0 Å². The average Bonchev–Trinajstić information content (AvgIpc) is 3.39. The highest BCUT2D eigenvalue weighted by Crippen LogP contribution is 2.44. The van der Waals surface area contributed by atoms with Crippen LogP contribution in [0.15, 0.2) is 17.4 Å². The van der Waals surface area contributed by atoms with E-state index in [1.54, 1.807) is 11.3 Å². The fourth-order valence-electron chi connectivity index (χ4n) is 4.72. The van der Waals surface area contributed by atoms with E-state index in [1.807, 2.05) is 46.2 Å². The second-order valence-corrected chi connectivity index (χ2v) is 10.6. The number of rotatable bonds is 5. The van der Waals surface area contributed by atoms with Crippen LogP contribution in [0.2, 0.25) is 0 Å². The van der Waals surface area contributed by atoms with Crippen molar-refractivity contribution in [2.45, 2.75) is 63.3 Å². The van der Waals surface area contributed by atoms with Gasteiger partial charge >= 0.3 is 0 Å². The van der Waals surface area contributed by atoms with Crippen molar-refractivity contribution >= 4 is 39.1 Å². The number of pyridine rings is 1. The summed E-state index contributed by atoms with van der Waals surface area (Å²) in [4.78, 5) is 18.9.